The van der Waals surface area contributed by atoms with Crippen LogP contribution in [-0.4, -0.2) is 81.6 Å². The van der Waals surface area contributed by atoms with E-state index in [-0.39, 0.29) is 5.75 Å². The molecule has 13 heteroatoms. The third-order valence-corrected chi connectivity index (χ3v) is 4.21. The number of benzene rings is 1. The van der Waals surface area contributed by atoms with Crippen LogP contribution in [0.15, 0.2) is 12.1 Å². The molecule has 13 nitrogen and oxygen atoms in total. The van der Waals surface area contributed by atoms with Crippen molar-refractivity contribution in [1.29, 1.82) is 0 Å². The summed E-state index contributed by atoms with van der Waals surface area (Å²) in [6.45, 7) is 2.76. The fourth-order valence-electron chi connectivity index (χ4n) is 2.99. The van der Waals surface area contributed by atoms with Gasteiger partial charge in [-0.2, -0.15) is 0 Å². The van der Waals surface area contributed by atoms with Gasteiger partial charge in [0.2, 0.25) is 6.29 Å². The highest BCUT2D eigenvalue weighted by molar-refractivity contribution is 5.94. The molecule has 1 saturated heterocycles. The van der Waals surface area contributed by atoms with Crippen LogP contribution in [0.5, 0.6) is 17.2 Å². The number of esters is 3. The summed E-state index contributed by atoms with van der Waals surface area (Å²) in [6.07, 6.45) is -7.51. The van der Waals surface area contributed by atoms with E-state index < -0.39 is 78.3 Å². The Balaban J connectivity index is 2.37. The predicted octanol–water partition coefficient (Wildman–Crippen LogP) is -0.313. The van der Waals surface area contributed by atoms with Crippen molar-refractivity contribution < 1.29 is 63.3 Å². The maximum absolute atomic E-state index is 11.6. The average molecular weight is 458 g/mol. The number of ether oxygens (including phenoxy) is 5. The molecule has 4 N–H and O–H groups in total. The van der Waals surface area contributed by atoms with Gasteiger partial charge in [-0.1, -0.05) is 0 Å². The zero-order valence-electron chi connectivity index (χ0n) is 17.2. The number of aliphatic hydroxyl groups excluding tert-OH is 1. The monoisotopic (exact) mass is 458 g/mol. The minimum atomic E-state index is -1.75. The first-order chi connectivity index (χ1) is 14.9. The highest BCUT2D eigenvalue weighted by Gasteiger charge is 2.51. The number of carbonyl (C=O) groups excluding carboxylic acids is 3. The van der Waals surface area contributed by atoms with E-state index in [1.807, 2.05) is 0 Å². The number of hydrogen-bond donors (Lipinski definition) is 4. The van der Waals surface area contributed by atoms with E-state index in [4.69, 9.17) is 28.8 Å². The van der Waals surface area contributed by atoms with Gasteiger partial charge in [-0.05, 0) is 0 Å². The summed E-state index contributed by atoms with van der Waals surface area (Å²) in [7, 11) is 0. The van der Waals surface area contributed by atoms with E-state index in [0.29, 0.717) is 0 Å². The molecule has 0 saturated carbocycles. The molecule has 2 rings (SSSR count). The third-order valence-electron chi connectivity index (χ3n) is 4.21. The maximum Gasteiger partial charge on any atom is 0.343 e. The highest BCUT2D eigenvalue weighted by atomic mass is 16.7. The van der Waals surface area contributed by atoms with Crippen LogP contribution in [0.1, 0.15) is 31.1 Å². The van der Waals surface area contributed by atoms with Crippen LogP contribution < -0.4 is 4.74 Å². The van der Waals surface area contributed by atoms with Crippen molar-refractivity contribution in [3.05, 3.63) is 17.7 Å². The van der Waals surface area contributed by atoms with Crippen LogP contribution in [0.2, 0.25) is 0 Å². The Kier molecular flexibility index (Phi) is 7.83. The first-order valence-corrected chi connectivity index (χ1v) is 9.18. The number of carboxylic acid groups (broad SMARTS) is 1. The van der Waals surface area contributed by atoms with Crippen LogP contribution in [-0.2, 0) is 33.3 Å². The fourth-order valence-corrected chi connectivity index (χ4v) is 2.99. The Labute approximate surface area is 181 Å². The first-order valence-electron chi connectivity index (χ1n) is 9.18. The molecule has 0 bridgehead atoms. The van der Waals surface area contributed by atoms with Crippen molar-refractivity contribution in [2.45, 2.75) is 51.5 Å². The number of carbonyl (C=O) groups is 4. The topological polar surface area (TPSA) is 195 Å². The molecule has 1 heterocycles. The number of phenols is 2. The zero-order valence-corrected chi connectivity index (χ0v) is 17.2. The van der Waals surface area contributed by atoms with Crippen molar-refractivity contribution in [2.75, 3.05) is 6.61 Å². The second-order valence-electron chi connectivity index (χ2n) is 6.74. The van der Waals surface area contributed by atoms with Gasteiger partial charge in [0.15, 0.2) is 18.3 Å². The van der Waals surface area contributed by atoms with Gasteiger partial charge in [0.05, 0.1) is 0 Å². The molecule has 1 aliphatic heterocycles. The lowest BCUT2D eigenvalue weighted by molar-refractivity contribution is -0.285. The zero-order chi connectivity index (χ0) is 24.2. The Morgan fingerprint density at radius 2 is 1.47 bits per heavy atom. The smallest absolute Gasteiger partial charge is 0.343 e. The summed E-state index contributed by atoms with van der Waals surface area (Å²) in [5, 5.41) is 39.3. The van der Waals surface area contributed by atoms with Gasteiger partial charge in [0.25, 0.3) is 0 Å². The quantitative estimate of drug-likeness (QED) is 0.307. The van der Waals surface area contributed by atoms with Crippen molar-refractivity contribution in [3.63, 3.8) is 0 Å². The Morgan fingerprint density at radius 3 is 1.94 bits per heavy atom. The molecule has 0 aliphatic carbocycles. The predicted molar refractivity (Wildman–Crippen MR) is 99.8 cm³/mol. The van der Waals surface area contributed by atoms with Crippen molar-refractivity contribution in [1.82, 2.24) is 0 Å². The van der Waals surface area contributed by atoms with E-state index in [1.165, 1.54) is 0 Å². The summed E-state index contributed by atoms with van der Waals surface area (Å²) < 4.78 is 26.0. The minimum Gasteiger partial charge on any atom is -0.507 e. The van der Waals surface area contributed by atoms with Crippen molar-refractivity contribution in [2.24, 2.45) is 0 Å². The lowest BCUT2D eigenvalue weighted by Crippen LogP contribution is -2.62. The maximum atomic E-state index is 11.6. The van der Waals surface area contributed by atoms with Crippen molar-refractivity contribution >= 4 is 23.9 Å². The van der Waals surface area contributed by atoms with Gasteiger partial charge >= 0.3 is 23.9 Å². The number of hydrogen-bond acceptors (Lipinski definition) is 12. The van der Waals surface area contributed by atoms with E-state index in [9.17, 15) is 34.5 Å². The van der Waals surface area contributed by atoms with Crippen LogP contribution in [0, 0.1) is 0 Å². The lowest BCUT2D eigenvalue weighted by Gasteiger charge is -2.42. The Morgan fingerprint density at radius 1 is 0.938 bits per heavy atom. The summed E-state index contributed by atoms with van der Waals surface area (Å²) in [5.74, 6) is -5.89. The van der Waals surface area contributed by atoms with E-state index >= 15 is 0 Å². The molecular formula is C19H22O13. The van der Waals surface area contributed by atoms with E-state index in [1.54, 1.807) is 0 Å². The Bertz CT molecular complexity index is 872. The second kappa shape index (κ2) is 10.2. The third kappa shape index (κ3) is 5.98. The number of aromatic hydroxyl groups is 2. The highest BCUT2D eigenvalue weighted by Crippen LogP contribution is 2.35. The molecule has 0 radical (unpaired) electrons. The molecule has 5 atom stereocenters. The molecule has 1 aromatic carbocycles. The number of rotatable bonds is 7. The summed E-state index contributed by atoms with van der Waals surface area (Å²) >= 11 is 0. The lowest BCUT2D eigenvalue weighted by atomic mass is 9.98. The van der Waals surface area contributed by atoms with Gasteiger partial charge in [0, 0.05) is 32.9 Å². The molecule has 32 heavy (non-hydrogen) atoms. The summed E-state index contributed by atoms with van der Waals surface area (Å²) in [5.41, 5.74) is -0.775. The minimum absolute atomic E-state index is 0.312. The van der Waals surface area contributed by atoms with Crippen LogP contribution >= 0.6 is 0 Å². The molecule has 5 unspecified atom stereocenters. The molecule has 0 aromatic heterocycles. The number of aliphatic hydroxyl groups is 1. The van der Waals surface area contributed by atoms with Crippen LogP contribution in [0.4, 0.5) is 0 Å². The standard InChI is InChI=1S/C19H22O13/c1-7(20)28-6-13-16(29-8(2)21)17(30-9(3)22)15(25)19(32-13)31-10-4-11(23)14(18(26)27)12(24)5-10/h4-5,13,15-17,19,23-25H,6H2,1-3H3,(H,26,27). The van der Waals surface area contributed by atoms with Crippen LogP contribution in [0.25, 0.3) is 0 Å². The summed E-state index contributed by atoms with van der Waals surface area (Å²) in [4.78, 5) is 45.4. The SMILES string of the molecule is CC(=O)OCC1OC(Oc2cc(O)c(C(=O)O)c(O)c2)C(O)C(OC(C)=O)C1OC(C)=O. The summed E-state index contributed by atoms with van der Waals surface area (Å²) in [6, 6.07) is 1.69. The molecule has 176 valence electrons. The normalized spacial score (nSPS) is 24.8. The average Bonchev–Trinajstić information content (AvgIpc) is 2.64. The molecule has 1 aliphatic rings. The molecule has 1 aromatic rings. The van der Waals surface area contributed by atoms with E-state index in [2.05, 4.69) is 0 Å². The second-order valence-corrected chi connectivity index (χ2v) is 6.74. The van der Waals surface area contributed by atoms with Gasteiger partial charge in [-0.15, -0.1) is 0 Å². The van der Waals surface area contributed by atoms with Gasteiger partial charge in [0.1, 0.15) is 35.5 Å². The first kappa shape index (κ1) is 24.7. The van der Waals surface area contributed by atoms with Crippen LogP contribution in [0.3, 0.4) is 0 Å². The van der Waals surface area contributed by atoms with Crippen molar-refractivity contribution in [3.8, 4) is 17.2 Å². The van der Waals surface area contributed by atoms with E-state index in [0.717, 1.165) is 32.9 Å². The fraction of sp³-hybridized carbons (Fsp3) is 0.474. The van der Waals surface area contributed by atoms with Gasteiger partial charge in [-0.25, -0.2) is 4.79 Å². The molecule has 0 amide bonds. The van der Waals surface area contributed by atoms with Gasteiger partial charge in [-0.3, -0.25) is 14.4 Å². The largest absolute Gasteiger partial charge is 0.507 e. The van der Waals surface area contributed by atoms with Gasteiger partial charge < -0.3 is 44.1 Å². The molecule has 1 fully saturated rings. The number of aromatic carboxylic acids is 1. The number of carboxylic acids is 1. The Hall–Kier alpha value is -3.58. The molecule has 0 spiro atoms. The molecular weight excluding hydrogens is 436 g/mol.